The quantitative estimate of drug-likeness (QED) is 0.927. The minimum Gasteiger partial charge on any atom is -0.336 e. The zero-order valence-corrected chi connectivity index (χ0v) is 13.4. The van der Waals surface area contributed by atoms with Gasteiger partial charge in [0.2, 0.25) is 0 Å². The summed E-state index contributed by atoms with van der Waals surface area (Å²) in [4.78, 5) is 23.0. The Bertz CT molecular complexity index is 670. The lowest BCUT2D eigenvalue weighted by Crippen LogP contribution is -2.46. The minimum absolute atomic E-state index is 0.0405. The Hall–Kier alpha value is -2.11. The number of aromatic nitrogens is 3. The van der Waals surface area contributed by atoms with Gasteiger partial charge in [-0.25, -0.2) is 14.8 Å². The van der Waals surface area contributed by atoms with E-state index in [1.54, 1.807) is 0 Å². The first kappa shape index (κ1) is 14.8. The van der Waals surface area contributed by atoms with Crippen LogP contribution in [0.4, 0.5) is 4.79 Å². The van der Waals surface area contributed by atoms with Crippen molar-refractivity contribution < 1.29 is 4.79 Å². The van der Waals surface area contributed by atoms with Crippen molar-refractivity contribution in [1.29, 1.82) is 0 Å². The third-order valence-electron chi connectivity index (χ3n) is 4.15. The summed E-state index contributed by atoms with van der Waals surface area (Å²) >= 11 is 0. The Balaban J connectivity index is 1.73. The molecular weight excluding hydrogens is 278 g/mol. The van der Waals surface area contributed by atoms with Gasteiger partial charge in [0.15, 0.2) is 5.65 Å². The number of pyridine rings is 1. The van der Waals surface area contributed by atoms with Gasteiger partial charge in [0.25, 0.3) is 0 Å². The van der Waals surface area contributed by atoms with Crippen LogP contribution in [-0.4, -0.2) is 44.6 Å². The molecule has 3 heterocycles. The fraction of sp³-hybridized carbons (Fsp3) is 0.562. The number of fused-ring (bicyclic) bond motifs is 1. The highest BCUT2D eigenvalue weighted by Gasteiger charge is 2.26. The monoisotopic (exact) mass is 301 g/mol. The second-order valence-corrected chi connectivity index (χ2v) is 6.20. The summed E-state index contributed by atoms with van der Waals surface area (Å²) in [7, 11) is 0. The first-order chi connectivity index (χ1) is 10.6. The van der Waals surface area contributed by atoms with Crippen LogP contribution in [0.2, 0.25) is 0 Å². The number of likely N-dealkylation sites (tertiary alicyclic amines) is 1. The van der Waals surface area contributed by atoms with E-state index in [0.717, 1.165) is 42.9 Å². The summed E-state index contributed by atoms with van der Waals surface area (Å²) in [6.07, 6.45) is 3.69. The summed E-state index contributed by atoms with van der Waals surface area (Å²) in [6.45, 7) is 7.54. The zero-order chi connectivity index (χ0) is 15.7. The summed E-state index contributed by atoms with van der Waals surface area (Å²) in [6, 6.07) is 4.49. The van der Waals surface area contributed by atoms with Gasteiger partial charge in [-0.1, -0.05) is 0 Å². The molecule has 0 aromatic carbocycles. The number of nitrogens with zero attached hydrogens (tertiary/aromatic N) is 4. The van der Waals surface area contributed by atoms with E-state index in [1.165, 1.54) is 0 Å². The Kier molecular flexibility index (Phi) is 4.00. The summed E-state index contributed by atoms with van der Waals surface area (Å²) in [5.41, 5.74) is 1.89. The van der Waals surface area contributed by atoms with E-state index < -0.39 is 0 Å². The van der Waals surface area contributed by atoms with Crippen molar-refractivity contribution in [3.05, 3.63) is 24.2 Å². The van der Waals surface area contributed by atoms with Crippen molar-refractivity contribution in [1.82, 2.24) is 24.8 Å². The topological polar surface area (TPSA) is 63.1 Å². The fourth-order valence-electron chi connectivity index (χ4n) is 3.15. The molecule has 2 amide bonds. The van der Waals surface area contributed by atoms with E-state index >= 15 is 0 Å². The lowest BCUT2D eigenvalue weighted by molar-refractivity contribution is 0.170. The third-order valence-corrected chi connectivity index (χ3v) is 4.15. The molecule has 0 aliphatic carbocycles. The first-order valence-corrected chi connectivity index (χ1v) is 7.91. The van der Waals surface area contributed by atoms with E-state index in [9.17, 15) is 4.79 Å². The molecule has 0 saturated carbocycles. The molecule has 1 fully saturated rings. The van der Waals surface area contributed by atoms with E-state index in [2.05, 4.69) is 19.9 Å². The number of nitrogens with one attached hydrogen (secondary N) is 1. The number of hydrogen-bond acceptors (Lipinski definition) is 3. The van der Waals surface area contributed by atoms with Crippen LogP contribution in [0.3, 0.4) is 0 Å². The molecule has 0 unspecified atom stereocenters. The van der Waals surface area contributed by atoms with Crippen molar-refractivity contribution in [2.24, 2.45) is 0 Å². The summed E-state index contributed by atoms with van der Waals surface area (Å²) in [5.74, 6) is 0.999. The molecule has 2 aromatic heterocycles. The summed E-state index contributed by atoms with van der Waals surface area (Å²) in [5, 5.41) is 2.96. The van der Waals surface area contributed by atoms with Gasteiger partial charge < -0.3 is 14.8 Å². The highest BCUT2D eigenvalue weighted by atomic mass is 16.2. The van der Waals surface area contributed by atoms with Crippen LogP contribution in [0.25, 0.3) is 11.2 Å². The zero-order valence-electron chi connectivity index (χ0n) is 13.4. The van der Waals surface area contributed by atoms with Crippen LogP contribution >= 0.6 is 0 Å². The first-order valence-electron chi connectivity index (χ1n) is 7.91. The number of imidazole rings is 1. The predicted molar refractivity (Wildman–Crippen MR) is 85.8 cm³/mol. The number of carbonyl (C=O) groups is 1. The second kappa shape index (κ2) is 5.94. The molecule has 2 aromatic rings. The number of piperidine rings is 1. The standard InChI is InChI=1S/C16H23N5O/c1-11(2)18-16(22)20-9-6-13(7-10-20)21-12(3)19-14-5-4-8-17-15(14)21/h4-5,8,11,13H,6-7,9-10H2,1-3H3,(H,18,22). The van der Waals surface area contributed by atoms with Crippen LogP contribution in [0.5, 0.6) is 0 Å². The average Bonchev–Trinajstić information content (AvgIpc) is 2.82. The van der Waals surface area contributed by atoms with Gasteiger partial charge in [-0.05, 0) is 45.7 Å². The van der Waals surface area contributed by atoms with Crippen molar-refractivity contribution in [3.8, 4) is 0 Å². The van der Waals surface area contributed by atoms with Crippen molar-refractivity contribution >= 4 is 17.2 Å². The largest absolute Gasteiger partial charge is 0.336 e. The predicted octanol–water partition coefficient (Wildman–Crippen LogP) is 2.49. The van der Waals surface area contributed by atoms with Gasteiger partial charge in [-0.2, -0.15) is 0 Å². The number of aryl methyl sites for hydroxylation is 1. The number of rotatable bonds is 2. The smallest absolute Gasteiger partial charge is 0.317 e. The molecule has 1 saturated heterocycles. The van der Waals surface area contributed by atoms with Crippen LogP contribution in [-0.2, 0) is 0 Å². The van der Waals surface area contributed by atoms with Crippen molar-refractivity contribution in [3.63, 3.8) is 0 Å². The molecule has 6 nitrogen and oxygen atoms in total. The van der Waals surface area contributed by atoms with Crippen molar-refractivity contribution in [2.45, 2.75) is 45.7 Å². The highest BCUT2D eigenvalue weighted by molar-refractivity contribution is 5.74. The molecule has 6 heteroatoms. The third kappa shape index (κ3) is 2.77. The molecule has 22 heavy (non-hydrogen) atoms. The van der Waals surface area contributed by atoms with Gasteiger partial charge in [0.05, 0.1) is 0 Å². The number of carbonyl (C=O) groups excluding carboxylic acids is 1. The van der Waals surface area contributed by atoms with Gasteiger partial charge in [-0.3, -0.25) is 0 Å². The normalized spacial score (nSPS) is 16.5. The number of urea groups is 1. The number of amides is 2. The lowest BCUT2D eigenvalue weighted by atomic mass is 10.0. The van der Waals surface area contributed by atoms with Gasteiger partial charge in [-0.15, -0.1) is 0 Å². The Morgan fingerprint density at radius 3 is 2.77 bits per heavy atom. The molecule has 1 aliphatic rings. The van der Waals surface area contributed by atoms with Crippen LogP contribution in [0, 0.1) is 6.92 Å². The number of hydrogen-bond donors (Lipinski definition) is 1. The molecule has 118 valence electrons. The second-order valence-electron chi connectivity index (χ2n) is 6.20. The Labute approximate surface area is 130 Å². The van der Waals surface area contributed by atoms with Crippen LogP contribution in [0.15, 0.2) is 18.3 Å². The highest BCUT2D eigenvalue weighted by Crippen LogP contribution is 2.27. The maximum atomic E-state index is 12.1. The van der Waals surface area contributed by atoms with Gasteiger partial charge in [0, 0.05) is 31.4 Å². The van der Waals surface area contributed by atoms with Crippen LogP contribution in [0.1, 0.15) is 38.6 Å². The fourth-order valence-corrected chi connectivity index (χ4v) is 3.15. The van der Waals surface area contributed by atoms with Crippen molar-refractivity contribution in [2.75, 3.05) is 13.1 Å². The van der Waals surface area contributed by atoms with Gasteiger partial charge >= 0.3 is 6.03 Å². The molecule has 0 radical (unpaired) electrons. The molecule has 3 rings (SSSR count). The maximum absolute atomic E-state index is 12.1. The van der Waals surface area contributed by atoms with Crippen LogP contribution < -0.4 is 5.32 Å². The van der Waals surface area contributed by atoms with E-state index in [-0.39, 0.29) is 12.1 Å². The lowest BCUT2D eigenvalue weighted by Gasteiger charge is -2.33. The Morgan fingerprint density at radius 1 is 1.36 bits per heavy atom. The van der Waals surface area contributed by atoms with Gasteiger partial charge in [0.1, 0.15) is 11.3 Å². The Morgan fingerprint density at radius 2 is 2.09 bits per heavy atom. The minimum atomic E-state index is 0.0405. The molecule has 0 bridgehead atoms. The maximum Gasteiger partial charge on any atom is 0.317 e. The van der Waals surface area contributed by atoms with E-state index in [4.69, 9.17) is 0 Å². The SMILES string of the molecule is Cc1nc2cccnc2n1C1CCN(C(=O)NC(C)C)CC1. The van der Waals surface area contributed by atoms with E-state index in [0.29, 0.717) is 6.04 Å². The summed E-state index contributed by atoms with van der Waals surface area (Å²) < 4.78 is 2.23. The molecule has 1 aliphatic heterocycles. The molecular formula is C16H23N5O. The molecule has 0 spiro atoms. The average molecular weight is 301 g/mol. The molecule has 1 N–H and O–H groups in total. The van der Waals surface area contributed by atoms with E-state index in [1.807, 2.05) is 44.0 Å². The molecule has 0 atom stereocenters.